The molecule has 5 nitrogen and oxygen atoms in total. The SMILES string of the molecule is CCCOC1CCCN(S(=O)(=O)c2ccc(NC)cc2)C1. The zero-order valence-corrected chi connectivity index (χ0v) is 13.5. The molecule has 1 heterocycles. The van der Waals surface area contributed by atoms with E-state index in [1.54, 1.807) is 28.6 Å². The van der Waals surface area contributed by atoms with Gasteiger partial charge in [-0.1, -0.05) is 6.92 Å². The maximum Gasteiger partial charge on any atom is 0.243 e. The largest absolute Gasteiger partial charge is 0.388 e. The van der Waals surface area contributed by atoms with Crippen molar-refractivity contribution in [3.63, 3.8) is 0 Å². The number of sulfonamides is 1. The van der Waals surface area contributed by atoms with Gasteiger partial charge >= 0.3 is 0 Å². The van der Waals surface area contributed by atoms with Gasteiger partial charge in [-0.3, -0.25) is 0 Å². The van der Waals surface area contributed by atoms with Crippen LogP contribution < -0.4 is 5.32 Å². The molecule has 1 unspecified atom stereocenters. The Morgan fingerprint density at radius 2 is 2.05 bits per heavy atom. The maximum absolute atomic E-state index is 12.7. The van der Waals surface area contributed by atoms with E-state index in [0.29, 0.717) is 24.6 Å². The zero-order chi connectivity index (χ0) is 15.3. The number of rotatable bonds is 6. The summed E-state index contributed by atoms with van der Waals surface area (Å²) in [7, 11) is -1.61. The first-order valence-corrected chi connectivity index (χ1v) is 8.91. The van der Waals surface area contributed by atoms with Crippen LogP contribution in [-0.4, -0.2) is 45.6 Å². The van der Waals surface area contributed by atoms with Crippen molar-refractivity contribution in [1.29, 1.82) is 0 Å². The van der Waals surface area contributed by atoms with E-state index in [0.717, 1.165) is 24.9 Å². The van der Waals surface area contributed by atoms with Crippen molar-refractivity contribution in [2.75, 3.05) is 32.1 Å². The molecular formula is C15H24N2O3S. The second-order valence-corrected chi connectivity index (χ2v) is 7.21. The summed E-state index contributed by atoms with van der Waals surface area (Å²) in [5.74, 6) is 0. The molecule has 1 saturated heterocycles. The number of hydrogen-bond acceptors (Lipinski definition) is 4. The molecule has 1 aliphatic rings. The maximum atomic E-state index is 12.7. The first-order chi connectivity index (χ1) is 10.1. The second-order valence-electron chi connectivity index (χ2n) is 5.27. The van der Waals surface area contributed by atoms with Crippen LogP contribution in [0.25, 0.3) is 0 Å². The third-order valence-corrected chi connectivity index (χ3v) is 5.56. The van der Waals surface area contributed by atoms with E-state index in [4.69, 9.17) is 4.74 Å². The Morgan fingerprint density at radius 3 is 2.67 bits per heavy atom. The van der Waals surface area contributed by atoms with Gasteiger partial charge in [-0.05, 0) is 43.5 Å². The van der Waals surface area contributed by atoms with Crippen molar-refractivity contribution in [3.05, 3.63) is 24.3 Å². The highest BCUT2D eigenvalue weighted by atomic mass is 32.2. The van der Waals surface area contributed by atoms with Gasteiger partial charge in [-0.15, -0.1) is 0 Å². The standard InChI is InChI=1S/C15H24N2O3S/c1-3-11-20-14-5-4-10-17(12-14)21(18,19)15-8-6-13(16-2)7-9-15/h6-9,14,16H,3-5,10-12H2,1-2H3. The Balaban J connectivity index is 2.10. The Hall–Kier alpha value is -1.11. The molecule has 0 aromatic heterocycles. The Bertz CT molecular complexity index is 543. The highest BCUT2D eigenvalue weighted by molar-refractivity contribution is 7.89. The van der Waals surface area contributed by atoms with Crippen LogP contribution in [0.15, 0.2) is 29.2 Å². The van der Waals surface area contributed by atoms with E-state index in [1.165, 1.54) is 0 Å². The van der Waals surface area contributed by atoms with Crippen LogP contribution in [0, 0.1) is 0 Å². The number of nitrogens with one attached hydrogen (secondary N) is 1. The molecule has 0 spiro atoms. The highest BCUT2D eigenvalue weighted by Crippen LogP contribution is 2.23. The molecule has 0 bridgehead atoms. The molecule has 21 heavy (non-hydrogen) atoms. The molecule has 118 valence electrons. The number of hydrogen-bond donors (Lipinski definition) is 1. The molecule has 1 fully saturated rings. The number of ether oxygens (including phenoxy) is 1. The summed E-state index contributed by atoms with van der Waals surface area (Å²) < 4.78 is 32.6. The number of benzene rings is 1. The topological polar surface area (TPSA) is 58.6 Å². The summed E-state index contributed by atoms with van der Waals surface area (Å²) in [6.45, 7) is 3.77. The lowest BCUT2D eigenvalue weighted by Gasteiger charge is -2.31. The fourth-order valence-electron chi connectivity index (χ4n) is 2.49. The normalized spacial score (nSPS) is 20.4. The molecule has 0 amide bonds. The smallest absolute Gasteiger partial charge is 0.243 e. The summed E-state index contributed by atoms with van der Waals surface area (Å²) >= 11 is 0. The van der Waals surface area contributed by atoms with Gasteiger partial charge in [0.2, 0.25) is 10.0 Å². The minimum atomic E-state index is -3.42. The molecule has 1 aromatic rings. The summed E-state index contributed by atoms with van der Waals surface area (Å²) in [6.07, 6.45) is 2.76. The number of nitrogens with zero attached hydrogens (tertiary/aromatic N) is 1. The van der Waals surface area contributed by atoms with E-state index in [1.807, 2.05) is 7.05 Å². The van der Waals surface area contributed by atoms with Gasteiger partial charge in [0.15, 0.2) is 0 Å². The molecule has 0 saturated carbocycles. The molecule has 1 N–H and O–H groups in total. The molecule has 0 radical (unpaired) electrons. The number of piperidine rings is 1. The minimum absolute atomic E-state index is 0.0186. The van der Waals surface area contributed by atoms with E-state index in [2.05, 4.69) is 12.2 Å². The van der Waals surface area contributed by atoms with Crippen LogP contribution in [0.5, 0.6) is 0 Å². The van der Waals surface area contributed by atoms with Crippen LogP contribution in [0.2, 0.25) is 0 Å². The minimum Gasteiger partial charge on any atom is -0.388 e. The van der Waals surface area contributed by atoms with Crippen molar-refractivity contribution in [2.45, 2.75) is 37.2 Å². The van der Waals surface area contributed by atoms with Crippen LogP contribution in [0.4, 0.5) is 5.69 Å². The van der Waals surface area contributed by atoms with Crippen molar-refractivity contribution in [1.82, 2.24) is 4.31 Å². The van der Waals surface area contributed by atoms with Gasteiger partial charge < -0.3 is 10.1 Å². The molecular weight excluding hydrogens is 288 g/mol. The summed E-state index contributed by atoms with van der Waals surface area (Å²) in [5, 5.41) is 2.99. The molecule has 1 aromatic carbocycles. The van der Waals surface area contributed by atoms with Gasteiger partial charge in [0, 0.05) is 32.4 Å². The van der Waals surface area contributed by atoms with Crippen molar-refractivity contribution in [3.8, 4) is 0 Å². The van der Waals surface area contributed by atoms with Crippen LogP contribution >= 0.6 is 0 Å². The fraction of sp³-hybridized carbons (Fsp3) is 0.600. The van der Waals surface area contributed by atoms with Gasteiger partial charge in [-0.2, -0.15) is 4.31 Å². The molecule has 6 heteroatoms. The fourth-order valence-corrected chi connectivity index (χ4v) is 4.00. The molecule has 1 atom stereocenters. The first kappa shape index (κ1) is 16.3. The lowest BCUT2D eigenvalue weighted by Crippen LogP contribution is -2.43. The third kappa shape index (κ3) is 3.96. The van der Waals surface area contributed by atoms with E-state index >= 15 is 0 Å². The molecule has 1 aliphatic heterocycles. The van der Waals surface area contributed by atoms with E-state index < -0.39 is 10.0 Å². The first-order valence-electron chi connectivity index (χ1n) is 7.47. The monoisotopic (exact) mass is 312 g/mol. The quantitative estimate of drug-likeness (QED) is 0.876. The van der Waals surface area contributed by atoms with Crippen molar-refractivity contribution < 1.29 is 13.2 Å². The van der Waals surface area contributed by atoms with Crippen molar-refractivity contribution in [2.24, 2.45) is 0 Å². The van der Waals surface area contributed by atoms with Gasteiger partial charge in [0.25, 0.3) is 0 Å². The van der Waals surface area contributed by atoms with Crippen LogP contribution in [0.1, 0.15) is 26.2 Å². The second kappa shape index (κ2) is 7.24. The molecule has 0 aliphatic carbocycles. The van der Waals surface area contributed by atoms with Gasteiger partial charge in [0.1, 0.15) is 0 Å². The summed E-state index contributed by atoms with van der Waals surface area (Å²) in [4.78, 5) is 0.345. The van der Waals surface area contributed by atoms with Gasteiger partial charge in [-0.25, -0.2) is 8.42 Å². The van der Waals surface area contributed by atoms with E-state index in [-0.39, 0.29) is 6.10 Å². The van der Waals surface area contributed by atoms with Crippen LogP contribution in [-0.2, 0) is 14.8 Å². The zero-order valence-electron chi connectivity index (χ0n) is 12.7. The average molecular weight is 312 g/mol. The highest BCUT2D eigenvalue weighted by Gasteiger charge is 2.30. The van der Waals surface area contributed by atoms with E-state index in [9.17, 15) is 8.42 Å². The Kier molecular flexibility index (Phi) is 5.61. The third-order valence-electron chi connectivity index (χ3n) is 3.68. The van der Waals surface area contributed by atoms with Gasteiger partial charge in [0.05, 0.1) is 11.0 Å². The predicted octanol–water partition coefficient (Wildman–Crippen LogP) is 2.31. The summed E-state index contributed by atoms with van der Waals surface area (Å²) in [5.41, 5.74) is 0.900. The Labute approximate surface area is 127 Å². The van der Waals surface area contributed by atoms with Crippen molar-refractivity contribution >= 4 is 15.7 Å². The van der Waals surface area contributed by atoms with Crippen LogP contribution in [0.3, 0.4) is 0 Å². The Morgan fingerprint density at radius 1 is 1.33 bits per heavy atom. The molecule has 2 rings (SSSR count). The predicted molar refractivity (Wildman–Crippen MR) is 84.0 cm³/mol. The summed E-state index contributed by atoms with van der Waals surface area (Å²) in [6, 6.07) is 6.86. The number of anilines is 1. The lowest BCUT2D eigenvalue weighted by molar-refractivity contribution is 0.0193. The average Bonchev–Trinajstić information content (AvgIpc) is 2.53. The lowest BCUT2D eigenvalue weighted by atomic mass is 10.1.